The Morgan fingerprint density at radius 3 is 2.60 bits per heavy atom. The summed E-state index contributed by atoms with van der Waals surface area (Å²) < 4.78 is 23.8. The van der Waals surface area contributed by atoms with Gasteiger partial charge in [0.2, 0.25) is 0 Å². The van der Waals surface area contributed by atoms with Gasteiger partial charge in [-0.2, -0.15) is 0 Å². The number of halogens is 2. The molecule has 0 fully saturated rings. The van der Waals surface area contributed by atoms with E-state index in [2.05, 4.69) is 4.98 Å². The van der Waals surface area contributed by atoms with Gasteiger partial charge in [-0.25, -0.2) is 8.78 Å². The molecule has 3 heteroatoms. The summed E-state index contributed by atoms with van der Waals surface area (Å²) in [5.41, 5.74) is 0.658. The lowest BCUT2D eigenvalue weighted by molar-refractivity contribution is 0.146. The van der Waals surface area contributed by atoms with Crippen molar-refractivity contribution in [1.29, 1.82) is 0 Å². The first-order chi connectivity index (χ1) is 4.70. The molecule has 54 valence electrons. The molecule has 1 rings (SSSR count). The van der Waals surface area contributed by atoms with E-state index in [9.17, 15) is 8.78 Å². The Morgan fingerprint density at radius 1 is 1.50 bits per heavy atom. The Balaban J connectivity index is 2.96. The highest BCUT2D eigenvalue weighted by Gasteiger charge is 2.06. The molecule has 0 amide bonds. The summed E-state index contributed by atoms with van der Waals surface area (Å²) in [6.07, 6.45) is -1.07. The SMILES string of the molecule is Cc1ccnc(C(F)F)c1. The second kappa shape index (κ2) is 2.73. The fraction of sp³-hybridized carbons (Fsp3) is 0.286. The first kappa shape index (κ1) is 7.12. The second-order valence-electron chi connectivity index (χ2n) is 2.06. The molecule has 1 nitrogen and oxygen atoms in total. The fourth-order valence-electron chi connectivity index (χ4n) is 0.679. The summed E-state index contributed by atoms with van der Waals surface area (Å²) in [7, 11) is 0. The van der Waals surface area contributed by atoms with Crippen molar-refractivity contribution >= 4 is 0 Å². The molecule has 1 heterocycles. The minimum absolute atomic E-state index is 0.153. The van der Waals surface area contributed by atoms with Gasteiger partial charge < -0.3 is 0 Å². The van der Waals surface area contributed by atoms with Crippen LogP contribution in [0.3, 0.4) is 0 Å². The number of rotatable bonds is 1. The maximum atomic E-state index is 11.9. The molecule has 0 aliphatic heterocycles. The highest BCUT2D eigenvalue weighted by Crippen LogP contribution is 2.15. The van der Waals surface area contributed by atoms with Gasteiger partial charge in [0, 0.05) is 6.20 Å². The van der Waals surface area contributed by atoms with Gasteiger partial charge in [-0.05, 0) is 24.6 Å². The minimum atomic E-state index is -2.46. The van der Waals surface area contributed by atoms with E-state index in [0.29, 0.717) is 0 Å². The average molecular weight is 143 g/mol. The lowest BCUT2D eigenvalue weighted by atomic mass is 10.2. The van der Waals surface area contributed by atoms with Crippen molar-refractivity contribution in [2.45, 2.75) is 13.3 Å². The standard InChI is InChI=1S/C7H7F2N/c1-5-2-3-10-6(4-5)7(8)9/h2-4,7H,1H3. The van der Waals surface area contributed by atoms with Crippen molar-refractivity contribution in [2.24, 2.45) is 0 Å². The van der Waals surface area contributed by atoms with Gasteiger partial charge in [-0.15, -0.1) is 0 Å². The van der Waals surface area contributed by atoms with Crippen molar-refractivity contribution in [3.05, 3.63) is 29.6 Å². The topological polar surface area (TPSA) is 12.9 Å². The van der Waals surface area contributed by atoms with E-state index in [1.54, 1.807) is 13.0 Å². The molecule has 0 N–H and O–H groups in total. The highest BCUT2D eigenvalue weighted by molar-refractivity contribution is 5.14. The Kier molecular flexibility index (Phi) is 1.94. The summed E-state index contributed by atoms with van der Waals surface area (Å²) >= 11 is 0. The monoisotopic (exact) mass is 143 g/mol. The molecule has 0 spiro atoms. The number of aromatic nitrogens is 1. The molecule has 0 aliphatic carbocycles. The van der Waals surface area contributed by atoms with Crippen LogP contribution in [-0.2, 0) is 0 Å². The average Bonchev–Trinajstić information content (AvgIpc) is 1.88. The molecule has 0 saturated heterocycles. The third-order valence-corrected chi connectivity index (χ3v) is 1.16. The molecule has 1 aromatic heterocycles. The Labute approximate surface area is 57.7 Å². The lowest BCUT2D eigenvalue weighted by Crippen LogP contribution is -1.88. The number of alkyl halides is 2. The third-order valence-electron chi connectivity index (χ3n) is 1.16. The number of nitrogens with zero attached hydrogens (tertiary/aromatic N) is 1. The van der Waals surface area contributed by atoms with Crippen molar-refractivity contribution in [1.82, 2.24) is 4.98 Å². The van der Waals surface area contributed by atoms with Gasteiger partial charge >= 0.3 is 0 Å². The largest absolute Gasteiger partial charge is 0.280 e. The van der Waals surface area contributed by atoms with Crippen molar-refractivity contribution in [3.63, 3.8) is 0 Å². The van der Waals surface area contributed by atoms with Crippen LogP contribution in [0.2, 0.25) is 0 Å². The van der Waals surface area contributed by atoms with Gasteiger partial charge in [0.15, 0.2) is 0 Å². The predicted octanol–water partition coefficient (Wildman–Crippen LogP) is 2.33. The smallest absolute Gasteiger partial charge is 0.255 e. The summed E-state index contributed by atoms with van der Waals surface area (Å²) in [4.78, 5) is 3.49. The first-order valence-corrected chi connectivity index (χ1v) is 2.91. The zero-order valence-electron chi connectivity index (χ0n) is 5.51. The van der Waals surface area contributed by atoms with E-state index >= 15 is 0 Å². The summed E-state index contributed by atoms with van der Waals surface area (Å²) in [5.74, 6) is 0. The van der Waals surface area contributed by atoms with Crippen LogP contribution in [0.15, 0.2) is 18.3 Å². The highest BCUT2D eigenvalue weighted by atomic mass is 19.3. The van der Waals surface area contributed by atoms with Crippen LogP contribution >= 0.6 is 0 Å². The quantitative estimate of drug-likeness (QED) is 0.587. The third kappa shape index (κ3) is 1.50. The van der Waals surface area contributed by atoms with E-state index in [1.807, 2.05) is 0 Å². The summed E-state index contributed by atoms with van der Waals surface area (Å²) in [5, 5.41) is 0. The van der Waals surface area contributed by atoms with Crippen molar-refractivity contribution in [3.8, 4) is 0 Å². The molecule has 0 unspecified atom stereocenters. The van der Waals surface area contributed by atoms with Gasteiger partial charge in [-0.1, -0.05) is 0 Å². The van der Waals surface area contributed by atoms with Crippen LogP contribution in [0.1, 0.15) is 17.7 Å². The molecule has 0 atom stereocenters. The minimum Gasteiger partial charge on any atom is -0.255 e. The second-order valence-corrected chi connectivity index (χ2v) is 2.06. The summed E-state index contributed by atoms with van der Waals surface area (Å²) in [6.45, 7) is 1.76. The molecule has 0 aliphatic rings. The van der Waals surface area contributed by atoms with Crippen LogP contribution < -0.4 is 0 Å². The zero-order chi connectivity index (χ0) is 7.56. The fourth-order valence-corrected chi connectivity index (χ4v) is 0.679. The van der Waals surface area contributed by atoms with E-state index in [0.717, 1.165) is 5.56 Å². The molecule has 0 bridgehead atoms. The Bertz CT molecular complexity index is 223. The lowest BCUT2D eigenvalue weighted by Gasteiger charge is -1.97. The number of hydrogen-bond donors (Lipinski definition) is 0. The van der Waals surface area contributed by atoms with E-state index in [4.69, 9.17) is 0 Å². The van der Waals surface area contributed by atoms with Gasteiger partial charge in [0.1, 0.15) is 5.69 Å². The van der Waals surface area contributed by atoms with E-state index < -0.39 is 6.43 Å². The number of pyridine rings is 1. The Hall–Kier alpha value is -0.990. The zero-order valence-corrected chi connectivity index (χ0v) is 5.51. The van der Waals surface area contributed by atoms with Crippen LogP contribution in [-0.4, -0.2) is 4.98 Å². The van der Waals surface area contributed by atoms with Crippen LogP contribution in [0.4, 0.5) is 8.78 Å². The van der Waals surface area contributed by atoms with Crippen LogP contribution in [0, 0.1) is 6.92 Å². The number of aryl methyl sites for hydroxylation is 1. The van der Waals surface area contributed by atoms with E-state index in [-0.39, 0.29) is 5.69 Å². The maximum Gasteiger partial charge on any atom is 0.280 e. The molecule has 1 aromatic rings. The van der Waals surface area contributed by atoms with Crippen molar-refractivity contribution < 1.29 is 8.78 Å². The maximum absolute atomic E-state index is 11.9. The molecule has 0 radical (unpaired) electrons. The van der Waals surface area contributed by atoms with Crippen LogP contribution in [0.25, 0.3) is 0 Å². The summed E-state index contributed by atoms with van der Waals surface area (Å²) in [6, 6.07) is 3.07. The first-order valence-electron chi connectivity index (χ1n) is 2.91. The molecule has 0 aromatic carbocycles. The molecule has 0 saturated carbocycles. The van der Waals surface area contributed by atoms with Gasteiger partial charge in [0.05, 0.1) is 0 Å². The normalized spacial score (nSPS) is 10.4. The molecule has 10 heavy (non-hydrogen) atoms. The van der Waals surface area contributed by atoms with Gasteiger partial charge in [-0.3, -0.25) is 4.98 Å². The van der Waals surface area contributed by atoms with Crippen LogP contribution in [0.5, 0.6) is 0 Å². The van der Waals surface area contributed by atoms with Gasteiger partial charge in [0.25, 0.3) is 6.43 Å². The Morgan fingerprint density at radius 2 is 2.20 bits per heavy atom. The predicted molar refractivity (Wildman–Crippen MR) is 33.9 cm³/mol. The molecular weight excluding hydrogens is 136 g/mol. The molecular formula is C7H7F2N. The van der Waals surface area contributed by atoms with Crippen molar-refractivity contribution in [2.75, 3.05) is 0 Å². The number of hydrogen-bond acceptors (Lipinski definition) is 1. The van der Waals surface area contributed by atoms with E-state index in [1.165, 1.54) is 12.3 Å².